The number of carbonyl (C=O) groups is 2. The molecular formula is C15H17ClFNO2. The van der Waals surface area contributed by atoms with Crippen molar-refractivity contribution in [2.24, 2.45) is 11.8 Å². The molecule has 1 aromatic carbocycles. The molecule has 1 aliphatic heterocycles. The molecular weight excluding hydrogens is 281 g/mol. The number of benzene rings is 1. The maximum absolute atomic E-state index is 13.1. The number of hydrogen-bond donors (Lipinski definition) is 1. The van der Waals surface area contributed by atoms with Crippen molar-refractivity contribution in [3.8, 4) is 0 Å². The van der Waals surface area contributed by atoms with Gasteiger partial charge in [-0.15, -0.1) is 0 Å². The Morgan fingerprint density at radius 3 is 2.70 bits per heavy atom. The van der Waals surface area contributed by atoms with E-state index in [0.717, 1.165) is 0 Å². The lowest BCUT2D eigenvalue weighted by Crippen LogP contribution is -2.45. The Morgan fingerprint density at radius 1 is 1.40 bits per heavy atom. The molecule has 0 bridgehead atoms. The fourth-order valence-electron chi connectivity index (χ4n) is 2.71. The topological polar surface area (TPSA) is 46.2 Å². The van der Waals surface area contributed by atoms with Gasteiger partial charge in [0.15, 0.2) is 0 Å². The monoisotopic (exact) mass is 297 g/mol. The summed E-state index contributed by atoms with van der Waals surface area (Å²) in [6.45, 7) is 4.04. The Labute approximate surface area is 122 Å². The molecule has 1 N–H and O–H groups in total. The van der Waals surface area contributed by atoms with Crippen molar-refractivity contribution in [1.82, 2.24) is 5.32 Å². The highest BCUT2D eigenvalue weighted by Gasteiger charge is 2.37. The summed E-state index contributed by atoms with van der Waals surface area (Å²) in [6.07, 6.45) is 0.867. The van der Waals surface area contributed by atoms with Gasteiger partial charge in [0.05, 0.1) is 0 Å². The third kappa shape index (κ3) is 3.18. The van der Waals surface area contributed by atoms with Gasteiger partial charge < -0.3 is 0 Å². The van der Waals surface area contributed by atoms with E-state index in [0.29, 0.717) is 17.9 Å². The van der Waals surface area contributed by atoms with Gasteiger partial charge in [-0.05, 0) is 30.0 Å². The minimum Gasteiger partial charge on any atom is -0.296 e. The first-order valence-corrected chi connectivity index (χ1v) is 7.05. The van der Waals surface area contributed by atoms with Crippen LogP contribution in [0.5, 0.6) is 0 Å². The smallest absolute Gasteiger partial charge is 0.230 e. The van der Waals surface area contributed by atoms with Crippen molar-refractivity contribution >= 4 is 23.4 Å². The lowest BCUT2D eigenvalue weighted by Gasteiger charge is -2.32. The molecule has 1 fully saturated rings. The summed E-state index contributed by atoms with van der Waals surface area (Å²) in [4.78, 5) is 23.7. The minimum absolute atomic E-state index is 0.203. The first kappa shape index (κ1) is 15.0. The highest BCUT2D eigenvalue weighted by molar-refractivity contribution is 6.31. The third-order valence-corrected chi connectivity index (χ3v) is 3.91. The molecule has 0 aromatic heterocycles. The molecule has 1 aromatic rings. The quantitative estimate of drug-likeness (QED) is 0.870. The first-order chi connectivity index (χ1) is 9.38. The van der Waals surface area contributed by atoms with Crippen LogP contribution in [0, 0.1) is 17.7 Å². The van der Waals surface area contributed by atoms with Crippen LogP contribution in [-0.2, 0) is 9.59 Å². The zero-order chi connectivity index (χ0) is 14.9. The lowest BCUT2D eigenvalue weighted by atomic mass is 9.76. The van der Waals surface area contributed by atoms with Gasteiger partial charge in [0, 0.05) is 23.3 Å². The van der Waals surface area contributed by atoms with Crippen LogP contribution < -0.4 is 5.32 Å². The summed E-state index contributed by atoms with van der Waals surface area (Å²) in [7, 11) is 0. The average Bonchev–Trinajstić information content (AvgIpc) is 2.32. The van der Waals surface area contributed by atoms with Crippen LogP contribution in [0.15, 0.2) is 18.2 Å². The summed E-state index contributed by atoms with van der Waals surface area (Å²) in [5.41, 5.74) is 0.668. The number of nitrogens with one attached hydrogen (secondary N) is 1. The number of imide groups is 1. The Morgan fingerprint density at radius 2 is 2.10 bits per heavy atom. The highest BCUT2D eigenvalue weighted by atomic mass is 35.5. The van der Waals surface area contributed by atoms with E-state index in [9.17, 15) is 14.0 Å². The predicted molar refractivity (Wildman–Crippen MR) is 74.9 cm³/mol. The van der Waals surface area contributed by atoms with Crippen molar-refractivity contribution < 1.29 is 14.0 Å². The summed E-state index contributed by atoms with van der Waals surface area (Å²) < 4.78 is 13.1. The van der Waals surface area contributed by atoms with E-state index in [4.69, 9.17) is 11.6 Å². The first-order valence-electron chi connectivity index (χ1n) is 6.67. The van der Waals surface area contributed by atoms with Gasteiger partial charge in [0.2, 0.25) is 11.8 Å². The molecule has 0 spiro atoms. The molecule has 1 heterocycles. The van der Waals surface area contributed by atoms with Crippen LogP contribution >= 0.6 is 11.6 Å². The van der Waals surface area contributed by atoms with Gasteiger partial charge in [-0.1, -0.05) is 31.5 Å². The number of halogens is 2. The fourth-order valence-corrected chi connectivity index (χ4v) is 3.02. The standard InChI is InChI=1S/C15H17ClFNO2/c1-8(2)5-12-11(7-14(19)18-15(12)20)10-4-3-9(17)6-13(10)16/h3-4,6,8,11-12H,5,7H2,1-2H3,(H,18,19,20). The Balaban J connectivity index is 2.37. The van der Waals surface area contributed by atoms with E-state index in [2.05, 4.69) is 5.32 Å². The van der Waals surface area contributed by atoms with E-state index in [1.54, 1.807) is 6.07 Å². The summed E-state index contributed by atoms with van der Waals surface area (Å²) in [5, 5.41) is 2.64. The van der Waals surface area contributed by atoms with Gasteiger partial charge in [-0.25, -0.2) is 4.39 Å². The van der Waals surface area contributed by atoms with Crippen LogP contribution in [0.3, 0.4) is 0 Å². The Hall–Kier alpha value is -1.42. The van der Waals surface area contributed by atoms with Crippen LogP contribution in [-0.4, -0.2) is 11.8 Å². The number of hydrogen-bond acceptors (Lipinski definition) is 2. The van der Waals surface area contributed by atoms with Crippen molar-refractivity contribution in [2.75, 3.05) is 0 Å². The zero-order valence-corrected chi connectivity index (χ0v) is 12.2. The number of carbonyl (C=O) groups excluding carboxylic acids is 2. The summed E-state index contributed by atoms with van der Waals surface area (Å²) in [5.74, 6) is -1.27. The number of piperidine rings is 1. The summed E-state index contributed by atoms with van der Waals surface area (Å²) in [6, 6.07) is 4.10. The lowest BCUT2D eigenvalue weighted by molar-refractivity contribution is -0.137. The number of rotatable bonds is 3. The van der Waals surface area contributed by atoms with E-state index in [-0.39, 0.29) is 35.1 Å². The molecule has 108 valence electrons. The predicted octanol–water partition coefficient (Wildman–Crippen LogP) is 3.27. The maximum Gasteiger partial charge on any atom is 0.230 e. The van der Waals surface area contributed by atoms with E-state index in [1.807, 2.05) is 13.8 Å². The highest BCUT2D eigenvalue weighted by Crippen LogP contribution is 2.38. The second-order valence-electron chi connectivity index (χ2n) is 5.62. The van der Waals surface area contributed by atoms with E-state index in [1.165, 1.54) is 12.1 Å². The van der Waals surface area contributed by atoms with Gasteiger partial charge in [0.25, 0.3) is 0 Å². The van der Waals surface area contributed by atoms with Crippen molar-refractivity contribution in [2.45, 2.75) is 32.6 Å². The molecule has 3 nitrogen and oxygen atoms in total. The molecule has 5 heteroatoms. The normalized spacial score (nSPS) is 23.1. The van der Waals surface area contributed by atoms with Crippen molar-refractivity contribution in [3.05, 3.63) is 34.6 Å². The Kier molecular flexibility index (Phi) is 4.43. The van der Waals surface area contributed by atoms with Crippen LogP contribution in [0.2, 0.25) is 5.02 Å². The van der Waals surface area contributed by atoms with Gasteiger partial charge >= 0.3 is 0 Å². The molecule has 2 unspecified atom stereocenters. The number of amides is 2. The third-order valence-electron chi connectivity index (χ3n) is 3.58. The van der Waals surface area contributed by atoms with Gasteiger partial charge in [-0.3, -0.25) is 14.9 Å². The molecule has 0 saturated carbocycles. The van der Waals surface area contributed by atoms with Crippen LogP contribution in [0.25, 0.3) is 0 Å². The molecule has 2 atom stereocenters. The van der Waals surface area contributed by atoms with E-state index >= 15 is 0 Å². The summed E-state index contributed by atoms with van der Waals surface area (Å²) >= 11 is 6.08. The SMILES string of the molecule is CC(C)CC1C(=O)NC(=O)CC1c1ccc(F)cc1Cl. The van der Waals surface area contributed by atoms with Crippen LogP contribution in [0.1, 0.15) is 38.2 Å². The van der Waals surface area contributed by atoms with Gasteiger partial charge in [0.1, 0.15) is 5.82 Å². The van der Waals surface area contributed by atoms with E-state index < -0.39 is 5.82 Å². The Bertz CT molecular complexity index is 545. The molecule has 2 rings (SSSR count). The molecule has 1 saturated heterocycles. The van der Waals surface area contributed by atoms with Crippen molar-refractivity contribution in [3.63, 3.8) is 0 Å². The molecule has 1 aliphatic rings. The minimum atomic E-state index is -0.425. The zero-order valence-electron chi connectivity index (χ0n) is 11.5. The molecule has 0 radical (unpaired) electrons. The molecule has 2 amide bonds. The second kappa shape index (κ2) is 5.92. The van der Waals surface area contributed by atoms with Crippen molar-refractivity contribution in [1.29, 1.82) is 0 Å². The molecule has 0 aliphatic carbocycles. The second-order valence-corrected chi connectivity index (χ2v) is 6.03. The fraction of sp³-hybridized carbons (Fsp3) is 0.467. The maximum atomic E-state index is 13.1. The average molecular weight is 298 g/mol. The largest absolute Gasteiger partial charge is 0.296 e. The molecule has 20 heavy (non-hydrogen) atoms. The van der Waals surface area contributed by atoms with Crippen LogP contribution in [0.4, 0.5) is 4.39 Å². The van der Waals surface area contributed by atoms with Gasteiger partial charge in [-0.2, -0.15) is 0 Å².